The first-order chi connectivity index (χ1) is 13.1. The molecule has 2 saturated heterocycles. The molecule has 1 amide bonds. The highest BCUT2D eigenvalue weighted by molar-refractivity contribution is 5.95. The lowest BCUT2D eigenvalue weighted by molar-refractivity contribution is -0.0672. The lowest BCUT2D eigenvalue weighted by Gasteiger charge is -2.42. The number of hydrogen-bond acceptors (Lipinski definition) is 3. The molecule has 5 heteroatoms. The topological polar surface area (TPSA) is 38.8 Å². The van der Waals surface area contributed by atoms with Crippen molar-refractivity contribution in [2.24, 2.45) is 11.8 Å². The normalized spacial score (nSPS) is 24.5. The minimum Gasteiger partial charge on any atom is -0.381 e. The second kappa shape index (κ2) is 7.88. The van der Waals surface area contributed by atoms with Gasteiger partial charge in [-0.05, 0) is 81.0 Å². The fraction of sp³-hybridized carbons (Fsp3) is 0.682. The molecule has 2 aliphatic heterocycles. The number of likely N-dealkylation sites (tertiary alicyclic amines) is 1. The summed E-state index contributed by atoms with van der Waals surface area (Å²) in [5, 5.41) is 0. The summed E-state index contributed by atoms with van der Waals surface area (Å²) in [5.41, 5.74) is 1.21. The summed E-state index contributed by atoms with van der Waals surface area (Å²) in [6.07, 6.45) is 6.57. The summed E-state index contributed by atoms with van der Waals surface area (Å²) < 4.78 is 25.4. The molecule has 27 heavy (non-hydrogen) atoms. The summed E-state index contributed by atoms with van der Waals surface area (Å²) in [5.74, 6) is 1.04. The second-order valence-electron chi connectivity index (χ2n) is 8.46. The Bertz CT molecular complexity index is 680. The van der Waals surface area contributed by atoms with Crippen molar-refractivity contribution in [1.29, 1.82) is 0 Å². The average Bonchev–Trinajstić information content (AvgIpc) is 3.41. The van der Waals surface area contributed by atoms with Crippen molar-refractivity contribution >= 4 is 5.91 Å². The summed E-state index contributed by atoms with van der Waals surface area (Å²) in [6, 6.07) is 4.39. The summed E-state index contributed by atoms with van der Waals surface area (Å²) in [7, 11) is 0. The second-order valence-corrected chi connectivity index (χ2v) is 8.46. The van der Waals surface area contributed by atoms with E-state index < -0.39 is 0 Å². The monoisotopic (exact) mass is 375 g/mol. The van der Waals surface area contributed by atoms with E-state index >= 15 is 0 Å². The first-order valence-electron chi connectivity index (χ1n) is 10.3. The molecule has 1 saturated carbocycles. The van der Waals surface area contributed by atoms with Gasteiger partial charge in [-0.3, -0.25) is 4.79 Å². The number of carbonyl (C=O) groups excluding carboxylic acids is 1. The molecule has 4 nitrogen and oxygen atoms in total. The van der Waals surface area contributed by atoms with Crippen molar-refractivity contribution in [3.63, 3.8) is 0 Å². The Balaban J connectivity index is 1.32. The first-order valence-corrected chi connectivity index (χ1v) is 10.3. The lowest BCUT2D eigenvalue weighted by atomic mass is 9.78. The molecule has 148 valence electrons. The zero-order chi connectivity index (χ0) is 18.9. The van der Waals surface area contributed by atoms with Crippen LogP contribution in [-0.4, -0.2) is 49.3 Å². The van der Waals surface area contributed by atoms with Crippen LogP contribution in [0.15, 0.2) is 18.2 Å². The number of benzene rings is 1. The van der Waals surface area contributed by atoms with Crippen molar-refractivity contribution in [2.45, 2.75) is 51.0 Å². The number of hydrogen-bond donors (Lipinski definition) is 0. The van der Waals surface area contributed by atoms with Gasteiger partial charge in [0.05, 0.1) is 5.60 Å². The number of carbonyl (C=O) groups is 1. The van der Waals surface area contributed by atoms with Gasteiger partial charge >= 0.3 is 0 Å². The molecular weight excluding hydrogens is 345 g/mol. The van der Waals surface area contributed by atoms with Crippen LogP contribution in [0.3, 0.4) is 0 Å². The molecule has 4 rings (SSSR count). The Hall–Kier alpha value is -1.46. The Morgan fingerprint density at radius 1 is 1.30 bits per heavy atom. The van der Waals surface area contributed by atoms with E-state index in [1.807, 2.05) is 4.90 Å². The predicted octanol–water partition coefficient (Wildman–Crippen LogP) is 3.96. The Morgan fingerprint density at radius 3 is 2.78 bits per heavy atom. The van der Waals surface area contributed by atoms with E-state index in [9.17, 15) is 9.18 Å². The van der Waals surface area contributed by atoms with Crippen molar-refractivity contribution in [2.75, 3.05) is 32.9 Å². The molecule has 1 aromatic carbocycles. The first kappa shape index (κ1) is 18.9. The highest BCUT2D eigenvalue weighted by Crippen LogP contribution is 2.42. The molecule has 0 N–H and O–H groups in total. The maximum Gasteiger partial charge on any atom is 0.254 e. The van der Waals surface area contributed by atoms with Gasteiger partial charge in [0.15, 0.2) is 0 Å². The number of aryl methyl sites for hydroxylation is 1. The van der Waals surface area contributed by atoms with Crippen LogP contribution < -0.4 is 0 Å². The molecule has 2 heterocycles. The number of rotatable bonds is 6. The van der Waals surface area contributed by atoms with E-state index in [1.54, 1.807) is 13.0 Å². The van der Waals surface area contributed by atoms with E-state index in [1.165, 1.54) is 25.0 Å². The van der Waals surface area contributed by atoms with Gasteiger partial charge in [0.1, 0.15) is 5.82 Å². The summed E-state index contributed by atoms with van der Waals surface area (Å²) >= 11 is 0. The van der Waals surface area contributed by atoms with Crippen LogP contribution in [0.2, 0.25) is 0 Å². The number of piperidine rings is 1. The SMILES string of the molecule is Cc1cc(F)ccc1C(=O)N1CCC2(CC1)OCCC2CCOCC1CC1. The van der Waals surface area contributed by atoms with Crippen LogP contribution in [0.4, 0.5) is 4.39 Å². The molecule has 1 spiro atoms. The standard InChI is InChI=1S/C22H30FNO3/c1-16-14-19(23)4-5-20(16)21(25)24-10-8-22(9-11-24)18(7-13-27-22)6-12-26-15-17-2-3-17/h4-5,14,17-18H,2-3,6-13,15H2,1H3. The quantitative estimate of drug-likeness (QED) is 0.707. The molecule has 0 bridgehead atoms. The molecule has 1 aromatic rings. The van der Waals surface area contributed by atoms with E-state index in [0.717, 1.165) is 51.4 Å². The molecular formula is C22H30FNO3. The van der Waals surface area contributed by atoms with Gasteiger partial charge in [0.2, 0.25) is 0 Å². The molecule has 1 atom stereocenters. The fourth-order valence-corrected chi connectivity index (χ4v) is 4.63. The van der Waals surface area contributed by atoms with Crippen LogP contribution >= 0.6 is 0 Å². The maximum atomic E-state index is 13.3. The van der Waals surface area contributed by atoms with Crippen molar-refractivity contribution in [3.05, 3.63) is 35.1 Å². The Labute approximate surface area is 161 Å². The van der Waals surface area contributed by atoms with E-state index in [2.05, 4.69) is 0 Å². The molecule has 3 fully saturated rings. The highest BCUT2D eigenvalue weighted by Gasteiger charge is 2.46. The minimum atomic E-state index is -0.298. The van der Waals surface area contributed by atoms with Crippen molar-refractivity contribution in [3.8, 4) is 0 Å². The number of ether oxygens (including phenoxy) is 2. The fourth-order valence-electron chi connectivity index (χ4n) is 4.63. The van der Waals surface area contributed by atoms with Crippen molar-refractivity contribution < 1.29 is 18.7 Å². The van der Waals surface area contributed by atoms with Gasteiger partial charge in [-0.25, -0.2) is 4.39 Å². The van der Waals surface area contributed by atoms with Crippen LogP contribution in [0.5, 0.6) is 0 Å². The Morgan fingerprint density at radius 2 is 2.07 bits per heavy atom. The van der Waals surface area contributed by atoms with E-state index in [0.29, 0.717) is 30.1 Å². The zero-order valence-electron chi connectivity index (χ0n) is 16.2. The average molecular weight is 375 g/mol. The molecule has 1 aliphatic carbocycles. The van der Waals surface area contributed by atoms with E-state index in [-0.39, 0.29) is 17.3 Å². The third-order valence-corrected chi connectivity index (χ3v) is 6.58. The molecule has 0 aromatic heterocycles. The minimum absolute atomic E-state index is 0.00432. The smallest absolute Gasteiger partial charge is 0.254 e. The van der Waals surface area contributed by atoms with Gasteiger partial charge in [-0.2, -0.15) is 0 Å². The van der Waals surface area contributed by atoms with Gasteiger partial charge in [-0.15, -0.1) is 0 Å². The van der Waals surface area contributed by atoms with Gasteiger partial charge in [-0.1, -0.05) is 0 Å². The number of halogens is 1. The lowest BCUT2D eigenvalue weighted by Crippen LogP contribution is -2.49. The Kier molecular flexibility index (Phi) is 5.51. The predicted molar refractivity (Wildman–Crippen MR) is 101 cm³/mol. The zero-order valence-corrected chi connectivity index (χ0v) is 16.2. The molecule has 3 aliphatic rings. The number of amides is 1. The summed E-state index contributed by atoms with van der Waals surface area (Å²) in [6.45, 7) is 5.76. The maximum absolute atomic E-state index is 13.3. The summed E-state index contributed by atoms with van der Waals surface area (Å²) in [4.78, 5) is 14.7. The third-order valence-electron chi connectivity index (χ3n) is 6.58. The van der Waals surface area contributed by atoms with Crippen LogP contribution in [0.1, 0.15) is 54.4 Å². The largest absolute Gasteiger partial charge is 0.381 e. The van der Waals surface area contributed by atoms with Crippen LogP contribution in [-0.2, 0) is 9.47 Å². The third kappa shape index (κ3) is 4.19. The van der Waals surface area contributed by atoms with Gasteiger partial charge in [0, 0.05) is 38.5 Å². The van der Waals surface area contributed by atoms with E-state index in [4.69, 9.17) is 9.47 Å². The molecule has 0 radical (unpaired) electrons. The van der Waals surface area contributed by atoms with Crippen molar-refractivity contribution in [1.82, 2.24) is 4.90 Å². The van der Waals surface area contributed by atoms with Gasteiger partial charge in [0.25, 0.3) is 5.91 Å². The number of nitrogens with zero attached hydrogens (tertiary/aromatic N) is 1. The highest BCUT2D eigenvalue weighted by atomic mass is 19.1. The van der Waals surface area contributed by atoms with Crippen LogP contribution in [0, 0.1) is 24.6 Å². The van der Waals surface area contributed by atoms with Crippen LogP contribution in [0.25, 0.3) is 0 Å². The van der Waals surface area contributed by atoms with Gasteiger partial charge < -0.3 is 14.4 Å². The molecule has 1 unspecified atom stereocenters.